The molecule has 1 aromatic rings. The highest BCUT2D eigenvalue weighted by Gasteiger charge is 1.90. The number of halogens is 3. The molecule has 0 aliphatic heterocycles. The van der Waals surface area contributed by atoms with Crippen LogP contribution in [0, 0.1) is 0 Å². The summed E-state index contributed by atoms with van der Waals surface area (Å²) in [5.74, 6) is 0. The smallest absolute Gasteiger partial charge is 0.00401 e. The molecule has 0 aliphatic rings. The van der Waals surface area contributed by atoms with Crippen molar-refractivity contribution < 1.29 is 14.1 Å². The lowest BCUT2D eigenvalue weighted by atomic mass is 10.1. The second kappa shape index (κ2) is 10.4. The van der Waals surface area contributed by atoms with Crippen LogP contribution in [0.15, 0.2) is 29.2 Å². The first kappa shape index (κ1) is 19.0. The average molecular weight is 226 g/mol. The molecule has 0 aliphatic carbocycles. The monoisotopic (exact) mass is 226 g/mol. The summed E-state index contributed by atoms with van der Waals surface area (Å²) >= 11 is 4.22. The van der Waals surface area contributed by atoms with E-state index < -0.39 is 0 Å². The molecule has 84 valence electrons. The second-order valence-corrected chi connectivity index (χ2v) is 3.29. The van der Waals surface area contributed by atoms with Crippen molar-refractivity contribution in [2.24, 2.45) is 0 Å². The maximum absolute atomic E-state index is 4.22. The fourth-order valence-electron chi connectivity index (χ4n) is 1.04. The van der Waals surface area contributed by atoms with Gasteiger partial charge in [0.1, 0.15) is 0 Å². The first-order chi connectivity index (χ1) is 5.33. The van der Waals surface area contributed by atoms with Crippen LogP contribution in [0.3, 0.4) is 0 Å². The van der Waals surface area contributed by atoms with Gasteiger partial charge in [0.25, 0.3) is 0 Å². The van der Waals surface area contributed by atoms with Gasteiger partial charge in [0.05, 0.1) is 0 Å². The molecule has 1 aromatic carbocycles. The molecule has 0 radical (unpaired) electrons. The van der Waals surface area contributed by atoms with E-state index in [-0.39, 0.29) is 14.1 Å². The highest BCUT2D eigenvalue weighted by molar-refractivity contribution is 7.80. The van der Waals surface area contributed by atoms with E-state index in [0.29, 0.717) is 0 Å². The Morgan fingerprint density at radius 1 is 1.00 bits per heavy atom. The Labute approximate surface area is 88.2 Å². The Hall–Kier alpha value is -0.640. The van der Waals surface area contributed by atoms with E-state index in [1.165, 1.54) is 24.8 Å². The van der Waals surface area contributed by atoms with Gasteiger partial charge in [-0.15, -0.1) is 12.6 Å². The number of hydrogen-bond donors (Lipinski definition) is 1. The van der Waals surface area contributed by atoms with E-state index >= 15 is 0 Å². The molecule has 0 N–H and O–H groups in total. The zero-order valence-electron chi connectivity index (χ0n) is 8.10. The number of aryl methyl sites for hydroxylation is 1. The topological polar surface area (TPSA) is 0 Å². The van der Waals surface area contributed by atoms with Crippen molar-refractivity contribution in [1.29, 1.82) is 0 Å². The Balaban J connectivity index is -0.000000403. The van der Waals surface area contributed by atoms with E-state index in [2.05, 4.69) is 31.7 Å². The highest BCUT2D eigenvalue weighted by atomic mass is 32.1. The van der Waals surface area contributed by atoms with E-state index in [4.69, 9.17) is 0 Å². The molecule has 1 rings (SSSR count). The highest BCUT2D eigenvalue weighted by Crippen LogP contribution is 2.09. The summed E-state index contributed by atoms with van der Waals surface area (Å²) in [6.07, 6.45) is 3.75. The Kier molecular flexibility index (Phi) is 14.2. The molecule has 0 aromatic heterocycles. The first-order valence-corrected chi connectivity index (χ1v) is 4.55. The second-order valence-electron chi connectivity index (χ2n) is 2.77. The molecule has 0 nitrogen and oxygen atoms in total. The van der Waals surface area contributed by atoms with Gasteiger partial charge in [0, 0.05) is 4.90 Å². The van der Waals surface area contributed by atoms with Crippen molar-refractivity contribution in [2.45, 2.75) is 31.1 Å². The first-order valence-electron chi connectivity index (χ1n) is 4.11. The summed E-state index contributed by atoms with van der Waals surface area (Å²) in [6, 6.07) is 8.40. The van der Waals surface area contributed by atoms with Crippen molar-refractivity contribution in [1.82, 2.24) is 0 Å². The van der Waals surface area contributed by atoms with Gasteiger partial charge in [0.2, 0.25) is 0 Å². The van der Waals surface area contributed by atoms with E-state index in [9.17, 15) is 0 Å². The van der Waals surface area contributed by atoms with Gasteiger partial charge in [-0.05, 0) is 30.5 Å². The summed E-state index contributed by atoms with van der Waals surface area (Å²) in [5, 5.41) is 0. The van der Waals surface area contributed by atoms with E-state index in [1.54, 1.807) is 0 Å². The number of benzene rings is 1. The lowest BCUT2D eigenvalue weighted by Gasteiger charge is -1.98. The van der Waals surface area contributed by atoms with Gasteiger partial charge in [-0.2, -0.15) is 0 Å². The molecule has 0 saturated heterocycles. The Morgan fingerprint density at radius 2 is 1.50 bits per heavy atom. The summed E-state index contributed by atoms with van der Waals surface area (Å²) in [4.78, 5) is 1.05. The summed E-state index contributed by atoms with van der Waals surface area (Å²) in [6.45, 7) is 2.22. The van der Waals surface area contributed by atoms with Crippen molar-refractivity contribution in [3.05, 3.63) is 29.8 Å². The van der Waals surface area contributed by atoms with Crippen LogP contribution in [-0.4, -0.2) is 0 Å². The molecule has 0 saturated carbocycles. The molecule has 0 heterocycles. The van der Waals surface area contributed by atoms with E-state index in [0.717, 1.165) is 4.90 Å². The minimum absolute atomic E-state index is 0. The van der Waals surface area contributed by atoms with Crippen LogP contribution in [0.25, 0.3) is 0 Å². The lowest BCUT2D eigenvalue weighted by molar-refractivity contribution is 0.794. The number of thiol groups is 1. The van der Waals surface area contributed by atoms with Crippen LogP contribution in [0.2, 0.25) is 0 Å². The number of unbranched alkanes of at least 4 members (excludes halogenated alkanes) is 1. The fraction of sp³-hybridized carbons (Fsp3) is 0.400. The Bertz CT molecular complexity index is 211. The summed E-state index contributed by atoms with van der Waals surface area (Å²) in [5.41, 5.74) is 1.42. The quantitative estimate of drug-likeness (QED) is 0.745. The van der Waals surface area contributed by atoms with Gasteiger partial charge >= 0.3 is 0 Å². The molecule has 0 atom stereocenters. The van der Waals surface area contributed by atoms with Gasteiger partial charge in [-0.25, -0.2) is 0 Å². The standard InChI is InChI=1S/C10H14S.3FH/c1-2-3-4-9-5-7-10(11)8-6-9;;;/h5-8,11H,2-4H2,1H3;3*1H. The molecular weight excluding hydrogens is 209 g/mol. The third-order valence-corrected chi connectivity index (χ3v) is 2.05. The molecule has 0 unspecified atom stereocenters. The molecule has 0 spiro atoms. The molecule has 14 heavy (non-hydrogen) atoms. The van der Waals surface area contributed by atoms with Crippen molar-refractivity contribution in [2.75, 3.05) is 0 Å². The Morgan fingerprint density at radius 3 is 1.93 bits per heavy atom. The summed E-state index contributed by atoms with van der Waals surface area (Å²) in [7, 11) is 0. The minimum atomic E-state index is 0. The zero-order valence-corrected chi connectivity index (χ0v) is 9.00. The predicted molar refractivity (Wildman–Crippen MR) is 59.8 cm³/mol. The van der Waals surface area contributed by atoms with E-state index in [1.807, 2.05) is 12.1 Å². The minimum Gasteiger partial charge on any atom is -0.269 e. The van der Waals surface area contributed by atoms with Crippen LogP contribution in [0.4, 0.5) is 14.1 Å². The largest absolute Gasteiger partial charge is 0.269 e. The molecular formula is C10H17F3S. The molecule has 0 bridgehead atoms. The van der Waals surface area contributed by atoms with Gasteiger partial charge in [-0.1, -0.05) is 25.5 Å². The third kappa shape index (κ3) is 6.83. The average Bonchev–Trinajstić information content (AvgIpc) is 2.04. The SMILES string of the molecule is CCCCc1ccc(S)cc1.F.F.F. The fourth-order valence-corrected chi connectivity index (χ4v) is 1.19. The van der Waals surface area contributed by atoms with Gasteiger partial charge in [0.15, 0.2) is 0 Å². The van der Waals surface area contributed by atoms with Crippen LogP contribution < -0.4 is 0 Å². The zero-order chi connectivity index (χ0) is 8.10. The molecule has 4 heteroatoms. The van der Waals surface area contributed by atoms with Gasteiger partial charge in [-0.3, -0.25) is 14.1 Å². The third-order valence-electron chi connectivity index (χ3n) is 1.76. The maximum Gasteiger partial charge on any atom is 0.00401 e. The van der Waals surface area contributed by atoms with Crippen molar-refractivity contribution in [3.63, 3.8) is 0 Å². The number of hydrogen-bond acceptors (Lipinski definition) is 1. The van der Waals surface area contributed by atoms with Crippen molar-refractivity contribution >= 4 is 12.6 Å². The van der Waals surface area contributed by atoms with Gasteiger partial charge < -0.3 is 0 Å². The van der Waals surface area contributed by atoms with Crippen LogP contribution in [-0.2, 0) is 6.42 Å². The maximum atomic E-state index is 4.22. The van der Waals surface area contributed by atoms with Crippen molar-refractivity contribution in [3.8, 4) is 0 Å². The molecule has 0 fully saturated rings. The normalized spacial score (nSPS) is 7.86. The van der Waals surface area contributed by atoms with Crippen LogP contribution in [0.1, 0.15) is 25.3 Å². The lowest BCUT2D eigenvalue weighted by Crippen LogP contribution is -1.82. The van der Waals surface area contributed by atoms with Crippen LogP contribution in [0.5, 0.6) is 0 Å². The van der Waals surface area contributed by atoms with Crippen LogP contribution >= 0.6 is 12.6 Å². The molecule has 0 amide bonds. The number of rotatable bonds is 3. The summed E-state index contributed by atoms with van der Waals surface area (Å²) < 4.78 is 0. The predicted octanol–water partition coefficient (Wildman–Crippen LogP) is 3.78.